The van der Waals surface area contributed by atoms with Crippen LogP contribution in [-0.2, 0) is 0 Å². The van der Waals surface area contributed by atoms with Gasteiger partial charge in [0.15, 0.2) is 0 Å². The van der Waals surface area contributed by atoms with E-state index in [1.807, 2.05) is 0 Å². The lowest BCUT2D eigenvalue weighted by Gasteiger charge is -2.37. The average molecular weight is 566 g/mol. The van der Waals surface area contributed by atoms with E-state index in [2.05, 4.69) is 39.6 Å². The first kappa shape index (κ1) is 39.9. The zero-order valence-corrected chi connectivity index (χ0v) is 29.2. The van der Waals surface area contributed by atoms with Crippen LogP contribution in [0.1, 0.15) is 201 Å². The highest BCUT2D eigenvalue weighted by atomic mass is 15.3. The van der Waals surface area contributed by atoms with Gasteiger partial charge in [-0.1, -0.05) is 162 Å². The van der Waals surface area contributed by atoms with E-state index in [-0.39, 0.29) is 0 Å². The SMILES string of the molecule is CCCCCCCCCCCCCCCCCC[N+](CC)(CC)CCCN(C)CCCCCCCCCCCC. The fourth-order valence-electron chi connectivity index (χ4n) is 6.62. The first-order valence-electron chi connectivity index (χ1n) is 19.2. The van der Waals surface area contributed by atoms with Crippen molar-refractivity contribution in [1.29, 1.82) is 0 Å². The van der Waals surface area contributed by atoms with Crippen LogP contribution in [0.5, 0.6) is 0 Å². The molecule has 0 bridgehead atoms. The molecule has 0 unspecified atom stereocenters. The van der Waals surface area contributed by atoms with E-state index < -0.39 is 0 Å². The monoisotopic (exact) mass is 566 g/mol. The fraction of sp³-hybridized carbons (Fsp3) is 1.00. The first-order chi connectivity index (χ1) is 19.6. The van der Waals surface area contributed by atoms with Gasteiger partial charge in [0, 0.05) is 13.0 Å². The van der Waals surface area contributed by atoms with Crippen LogP contribution in [0.4, 0.5) is 0 Å². The molecule has 2 nitrogen and oxygen atoms in total. The van der Waals surface area contributed by atoms with Gasteiger partial charge in [-0.15, -0.1) is 0 Å². The molecular weight excluding hydrogens is 484 g/mol. The van der Waals surface area contributed by atoms with Gasteiger partial charge in [-0.3, -0.25) is 0 Å². The number of quaternary nitrogens is 1. The Balaban J connectivity index is 3.64. The Hall–Kier alpha value is -0.0800. The lowest BCUT2D eigenvalue weighted by atomic mass is 10.0. The summed E-state index contributed by atoms with van der Waals surface area (Å²) in [4.78, 5) is 2.61. The predicted molar refractivity (Wildman–Crippen MR) is 185 cm³/mol. The van der Waals surface area contributed by atoms with E-state index in [0.717, 1.165) is 0 Å². The molecule has 2 heteroatoms. The molecule has 242 valence electrons. The van der Waals surface area contributed by atoms with E-state index in [9.17, 15) is 0 Å². The summed E-state index contributed by atoms with van der Waals surface area (Å²) in [5.74, 6) is 0. The molecule has 0 aromatic heterocycles. The molecule has 0 aliphatic carbocycles. The van der Waals surface area contributed by atoms with Gasteiger partial charge in [0.2, 0.25) is 0 Å². The molecule has 0 amide bonds. The van der Waals surface area contributed by atoms with Crippen LogP contribution >= 0.6 is 0 Å². The summed E-state index contributed by atoms with van der Waals surface area (Å²) < 4.78 is 1.35. The lowest BCUT2D eigenvalue weighted by molar-refractivity contribution is -0.925. The van der Waals surface area contributed by atoms with E-state index in [1.165, 1.54) is 217 Å². The summed E-state index contributed by atoms with van der Waals surface area (Å²) in [6.07, 6.45) is 39.2. The van der Waals surface area contributed by atoms with Crippen molar-refractivity contribution in [1.82, 2.24) is 4.90 Å². The van der Waals surface area contributed by atoms with Crippen LogP contribution in [0.3, 0.4) is 0 Å². The minimum absolute atomic E-state index is 1.29. The molecule has 0 spiro atoms. The molecule has 0 N–H and O–H groups in total. The van der Waals surface area contributed by atoms with Crippen molar-refractivity contribution in [3.63, 3.8) is 0 Å². The number of nitrogens with zero attached hydrogens (tertiary/aromatic N) is 2. The Morgan fingerprint density at radius 3 is 0.950 bits per heavy atom. The molecule has 40 heavy (non-hydrogen) atoms. The van der Waals surface area contributed by atoms with Gasteiger partial charge in [-0.05, 0) is 46.7 Å². The van der Waals surface area contributed by atoms with Crippen LogP contribution in [-0.4, -0.2) is 55.7 Å². The molecule has 0 atom stereocenters. The normalized spacial score (nSPS) is 12.2. The van der Waals surface area contributed by atoms with Crippen molar-refractivity contribution in [2.45, 2.75) is 201 Å². The maximum absolute atomic E-state index is 2.61. The molecule has 0 aliphatic rings. The Kier molecular flexibility index (Phi) is 31.8. The standard InChI is InChI=1S/C38H81N2/c1-6-10-12-14-16-18-20-21-22-23-24-25-27-29-31-33-37-40(8-3,9-4)38-34-36-39(5)35-32-30-28-26-19-17-15-13-11-7-2/h6-38H2,1-5H3/q+1. The van der Waals surface area contributed by atoms with Crippen molar-refractivity contribution in [3.8, 4) is 0 Å². The Bertz CT molecular complexity index is 458. The van der Waals surface area contributed by atoms with Gasteiger partial charge in [-0.25, -0.2) is 0 Å². The van der Waals surface area contributed by atoms with Crippen LogP contribution in [0.2, 0.25) is 0 Å². The molecule has 0 heterocycles. The molecule has 0 saturated carbocycles. The highest BCUT2D eigenvalue weighted by Crippen LogP contribution is 2.16. The maximum Gasteiger partial charge on any atom is 0.0798 e. The summed E-state index contributed by atoms with van der Waals surface area (Å²) in [6, 6.07) is 0. The quantitative estimate of drug-likeness (QED) is 0.0554. The highest BCUT2D eigenvalue weighted by Gasteiger charge is 2.22. The van der Waals surface area contributed by atoms with Crippen molar-refractivity contribution >= 4 is 0 Å². The second-order valence-corrected chi connectivity index (χ2v) is 13.6. The van der Waals surface area contributed by atoms with Gasteiger partial charge >= 0.3 is 0 Å². The Morgan fingerprint density at radius 2 is 0.600 bits per heavy atom. The molecule has 0 rings (SSSR count). The smallest absolute Gasteiger partial charge is 0.0798 e. The van der Waals surface area contributed by atoms with Crippen molar-refractivity contribution in [2.24, 2.45) is 0 Å². The van der Waals surface area contributed by atoms with Crippen LogP contribution in [0, 0.1) is 0 Å². The summed E-state index contributed by atoms with van der Waals surface area (Å²) in [5.41, 5.74) is 0. The molecule has 0 aromatic rings. The molecule has 0 radical (unpaired) electrons. The third kappa shape index (κ3) is 26.8. The van der Waals surface area contributed by atoms with E-state index in [4.69, 9.17) is 0 Å². The van der Waals surface area contributed by atoms with Gasteiger partial charge < -0.3 is 9.38 Å². The second-order valence-electron chi connectivity index (χ2n) is 13.6. The third-order valence-electron chi connectivity index (χ3n) is 9.89. The number of unbranched alkanes of at least 4 members (excludes halogenated alkanes) is 24. The predicted octanol–water partition coefficient (Wildman–Crippen LogP) is 12.3. The number of hydrogen-bond donors (Lipinski definition) is 0. The summed E-state index contributed by atoms with van der Waals surface area (Å²) in [5, 5.41) is 0. The lowest BCUT2D eigenvalue weighted by Crippen LogP contribution is -2.49. The number of rotatable bonds is 34. The van der Waals surface area contributed by atoms with Gasteiger partial charge in [0.1, 0.15) is 0 Å². The summed E-state index contributed by atoms with van der Waals surface area (Å²) >= 11 is 0. The summed E-state index contributed by atoms with van der Waals surface area (Å²) in [6.45, 7) is 17.5. The van der Waals surface area contributed by atoms with E-state index in [1.54, 1.807) is 0 Å². The summed E-state index contributed by atoms with van der Waals surface area (Å²) in [7, 11) is 2.36. The topological polar surface area (TPSA) is 3.24 Å². The zero-order valence-electron chi connectivity index (χ0n) is 29.2. The highest BCUT2D eigenvalue weighted by molar-refractivity contribution is 4.56. The van der Waals surface area contributed by atoms with Crippen molar-refractivity contribution in [3.05, 3.63) is 0 Å². The largest absolute Gasteiger partial charge is 0.324 e. The van der Waals surface area contributed by atoms with E-state index >= 15 is 0 Å². The average Bonchev–Trinajstić information content (AvgIpc) is 2.97. The van der Waals surface area contributed by atoms with Gasteiger partial charge in [-0.2, -0.15) is 0 Å². The van der Waals surface area contributed by atoms with Crippen molar-refractivity contribution < 1.29 is 4.48 Å². The van der Waals surface area contributed by atoms with Crippen LogP contribution < -0.4 is 0 Å². The molecule has 0 aliphatic heterocycles. The maximum atomic E-state index is 2.61. The Labute approximate surface area is 256 Å². The van der Waals surface area contributed by atoms with E-state index in [0.29, 0.717) is 0 Å². The molecular formula is C38H81N2+. The zero-order chi connectivity index (χ0) is 29.4. The van der Waals surface area contributed by atoms with Gasteiger partial charge in [0.05, 0.1) is 26.2 Å². The van der Waals surface area contributed by atoms with Crippen LogP contribution in [0.15, 0.2) is 0 Å². The van der Waals surface area contributed by atoms with Crippen LogP contribution in [0.25, 0.3) is 0 Å². The second kappa shape index (κ2) is 31.8. The molecule has 0 aromatic carbocycles. The minimum atomic E-state index is 1.29. The third-order valence-corrected chi connectivity index (χ3v) is 9.89. The molecule has 0 fully saturated rings. The van der Waals surface area contributed by atoms with Crippen molar-refractivity contribution in [2.75, 3.05) is 46.3 Å². The minimum Gasteiger partial charge on any atom is -0.324 e. The fourth-order valence-corrected chi connectivity index (χ4v) is 6.62. The van der Waals surface area contributed by atoms with Gasteiger partial charge in [0.25, 0.3) is 0 Å². The molecule has 0 saturated heterocycles. The first-order valence-corrected chi connectivity index (χ1v) is 19.2. The Morgan fingerprint density at radius 1 is 0.325 bits per heavy atom. The number of hydrogen-bond acceptors (Lipinski definition) is 1.